The highest BCUT2D eigenvalue weighted by molar-refractivity contribution is 5.89. The number of likely N-dealkylation sites (N-methyl/N-ethyl adjacent to an activating group) is 1. The lowest BCUT2D eigenvalue weighted by Crippen LogP contribution is -2.65. The number of methoxy groups -OCH3 is 1. The molecule has 1 aromatic rings. The molecule has 2 aliphatic heterocycles. The maximum absolute atomic E-state index is 13.1. The van der Waals surface area contributed by atoms with Crippen LogP contribution in [0.5, 0.6) is 11.5 Å². The monoisotopic (exact) mass is 308 g/mol. The van der Waals surface area contributed by atoms with Gasteiger partial charge in [-0.15, -0.1) is 0 Å². The number of benzene rings is 1. The van der Waals surface area contributed by atoms with Gasteiger partial charge < -0.3 is 14.4 Å². The first kappa shape index (κ1) is 6.91. The maximum atomic E-state index is 13.1. The molecule has 5 rings (SSSR count). The number of piperidine rings is 1. The van der Waals surface area contributed by atoms with Crippen LogP contribution in [0, 0.1) is 5.92 Å². The molecule has 0 radical (unpaired) electrons. The molecular formula is C18H21NO3. The zero-order chi connectivity index (χ0) is 22.9. The Bertz CT molecular complexity index is 1020. The number of hydrogen-bond donors (Lipinski definition) is 0. The Hall–Kier alpha value is -1.55. The molecule has 1 saturated carbocycles. The summed E-state index contributed by atoms with van der Waals surface area (Å²) in [6.07, 6.45) is -6.22. The zero-order valence-corrected chi connectivity index (χ0v) is 12.0. The van der Waals surface area contributed by atoms with E-state index in [9.17, 15) is 4.79 Å². The number of likely N-dealkylation sites (tertiary alicyclic amines) is 1. The van der Waals surface area contributed by atoms with Crippen molar-refractivity contribution in [2.45, 2.75) is 43.1 Å². The third-order valence-electron chi connectivity index (χ3n) is 5.53. The SMILES string of the molecule is [2H]c1c([2H])c2c3c(c1OC)OC1C(=O)C([2H])([2H])C[C@H]4[C@H](N(C([2H])([2H])[2H])CC[C@]314)C2([2H])[2H]. The molecule has 0 amide bonds. The lowest BCUT2D eigenvalue weighted by atomic mass is 9.52. The highest BCUT2D eigenvalue weighted by atomic mass is 16.5. The Morgan fingerprint density at radius 2 is 2.50 bits per heavy atom. The van der Waals surface area contributed by atoms with E-state index in [1.165, 1.54) is 7.11 Å². The summed E-state index contributed by atoms with van der Waals surface area (Å²) >= 11 is 0. The van der Waals surface area contributed by atoms with Crippen molar-refractivity contribution in [2.75, 3.05) is 20.6 Å². The van der Waals surface area contributed by atoms with Gasteiger partial charge in [0.25, 0.3) is 0 Å². The van der Waals surface area contributed by atoms with E-state index < -0.39 is 61.1 Å². The van der Waals surface area contributed by atoms with Crippen LogP contribution in [0.3, 0.4) is 0 Å². The lowest BCUT2D eigenvalue weighted by Gasteiger charge is -2.57. The van der Waals surface area contributed by atoms with Gasteiger partial charge >= 0.3 is 0 Å². The van der Waals surface area contributed by atoms with Crippen molar-refractivity contribution in [3.05, 3.63) is 23.2 Å². The van der Waals surface area contributed by atoms with Crippen molar-refractivity contribution in [2.24, 2.45) is 5.92 Å². The summed E-state index contributed by atoms with van der Waals surface area (Å²) in [5.41, 5.74) is -1.04. The van der Waals surface area contributed by atoms with E-state index in [-0.39, 0.29) is 42.0 Å². The van der Waals surface area contributed by atoms with Crippen molar-refractivity contribution < 1.29 is 26.6 Å². The predicted molar refractivity (Wildman–Crippen MR) is 81.6 cm³/mol. The normalized spacial score (nSPS) is 49.6. The molecule has 4 atom stereocenters. The van der Waals surface area contributed by atoms with Crippen molar-refractivity contribution in [1.82, 2.24) is 4.90 Å². The Labute approximate surface area is 143 Å². The Kier molecular flexibility index (Phi) is 1.27. The van der Waals surface area contributed by atoms with Gasteiger partial charge in [0.05, 0.1) is 9.85 Å². The second-order valence-electron chi connectivity index (χ2n) is 6.28. The van der Waals surface area contributed by atoms with E-state index in [0.29, 0.717) is 0 Å². The van der Waals surface area contributed by atoms with E-state index in [1.54, 1.807) is 0 Å². The molecular weight excluding hydrogens is 278 g/mol. The van der Waals surface area contributed by atoms with Crippen LogP contribution in [-0.2, 0) is 16.6 Å². The summed E-state index contributed by atoms with van der Waals surface area (Å²) in [6, 6.07) is -2.15. The predicted octanol–water partition coefficient (Wildman–Crippen LogP) is 1.93. The fraction of sp³-hybridized carbons (Fsp3) is 0.611. The number of carbonyl (C=O) groups excluding carboxylic acids is 1. The molecule has 4 nitrogen and oxygen atoms in total. The molecule has 1 spiro atoms. The van der Waals surface area contributed by atoms with E-state index in [0.717, 1.165) is 4.90 Å². The van der Waals surface area contributed by atoms with Crippen LogP contribution in [-0.4, -0.2) is 43.5 Å². The quantitative estimate of drug-likeness (QED) is 0.795. The minimum atomic E-state index is -2.65. The van der Waals surface area contributed by atoms with Crippen molar-refractivity contribution >= 4 is 5.78 Å². The number of Topliss-reactive ketones (excluding diaryl/α,β-unsaturated/α-hetero) is 1. The molecule has 2 bridgehead atoms. The third-order valence-corrected chi connectivity index (χ3v) is 5.53. The second kappa shape index (κ2) is 4.05. The van der Waals surface area contributed by atoms with Gasteiger partial charge in [-0.1, -0.05) is 6.04 Å². The first-order valence-electron chi connectivity index (χ1n) is 11.9. The molecule has 2 heterocycles. The fourth-order valence-electron chi connectivity index (χ4n) is 4.60. The minimum Gasteiger partial charge on any atom is -0.493 e. The van der Waals surface area contributed by atoms with Gasteiger partial charge in [0.1, 0.15) is 0 Å². The number of hydrogen-bond acceptors (Lipinski definition) is 4. The molecule has 4 heteroatoms. The molecule has 1 saturated heterocycles. The van der Waals surface area contributed by atoms with Crippen LogP contribution >= 0.6 is 0 Å². The van der Waals surface area contributed by atoms with E-state index in [1.807, 2.05) is 0 Å². The smallest absolute Gasteiger partial charge is 0.174 e. The van der Waals surface area contributed by atoms with Gasteiger partial charge in [0.2, 0.25) is 0 Å². The fourth-order valence-corrected chi connectivity index (χ4v) is 4.60. The highest BCUT2D eigenvalue weighted by Crippen LogP contribution is 2.62. The summed E-state index contributed by atoms with van der Waals surface area (Å²) in [4.78, 5) is 14.2. The number of carbonyl (C=O) groups is 1. The summed E-state index contributed by atoms with van der Waals surface area (Å²) in [7, 11) is 1.29. The summed E-state index contributed by atoms with van der Waals surface area (Å²) in [6.45, 7) is -2.69. The number of nitrogens with zero attached hydrogens (tertiary/aromatic N) is 1. The van der Waals surface area contributed by atoms with Crippen LogP contribution in [0.1, 0.15) is 42.7 Å². The van der Waals surface area contributed by atoms with E-state index in [2.05, 4.69) is 0 Å². The van der Waals surface area contributed by atoms with Crippen molar-refractivity contribution in [3.8, 4) is 11.5 Å². The summed E-state index contributed by atoms with van der Waals surface area (Å²) in [5, 5.41) is 0. The van der Waals surface area contributed by atoms with E-state index >= 15 is 0 Å². The van der Waals surface area contributed by atoms with Gasteiger partial charge in [-0.3, -0.25) is 4.79 Å². The Balaban J connectivity index is 1.91. The Morgan fingerprint density at radius 3 is 3.32 bits per heavy atom. The standard InChI is InChI=1S/C18H21NO3/c1-19-8-7-18-11-4-5-13(20)17(18)22-16-14(21-2)6-3-10(15(16)18)9-12(11)19/h3,6,11-12,17H,4-5,7-9H2,1-2H3/t11-,12+,17?,18-/m0/s1/i1D3,3D,5D2,6D,9D2. The van der Waals surface area contributed by atoms with E-state index in [4.69, 9.17) is 21.8 Å². The average molecular weight is 308 g/mol. The molecule has 2 aliphatic carbocycles. The average Bonchev–Trinajstić information content (AvgIpc) is 2.96. The number of ether oxygens (including phenoxy) is 2. The van der Waals surface area contributed by atoms with Crippen LogP contribution in [0.15, 0.2) is 12.1 Å². The first-order valence-corrected chi connectivity index (χ1v) is 7.41. The zero-order valence-electron chi connectivity index (χ0n) is 21.0. The Morgan fingerprint density at radius 1 is 1.59 bits per heavy atom. The summed E-state index contributed by atoms with van der Waals surface area (Å²) < 4.78 is 86.5. The molecule has 22 heavy (non-hydrogen) atoms. The van der Waals surface area contributed by atoms with Crippen LogP contribution in [0.2, 0.25) is 0 Å². The maximum Gasteiger partial charge on any atom is 0.174 e. The highest BCUT2D eigenvalue weighted by Gasteiger charge is 2.65. The first-order chi connectivity index (χ1) is 14.2. The molecule has 1 aromatic carbocycles. The number of ketones is 1. The molecule has 0 aromatic heterocycles. The van der Waals surface area contributed by atoms with Gasteiger partial charge in [0, 0.05) is 33.0 Å². The van der Waals surface area contributed by atoms with Gasteiger partial charge in [-0.05, 0) is 50.3 Å². The molecule has 116 valence electrons. The second-order valence-corrected chi connectivity index (χ2v) is 6.28. The van der Waals surface area contributed by atoms with Crippen molar-refractivity contribution in [1.29, 1.82) is 0 Å². The topological polar surface area (TPSA) is 38.8 Å². The number of rotatable bonds is 1. The van der Waals surface area contributed by atoms with Gasteiger partial charge in [0.15, 0.2) is 23.4 Å². The van der Waals surface area contributed by atoms with Crippen LogP contribution < -0.4 is 9.47 Å². The minimum absolute atomic E-state index is 0.00390. The lowest BCUT2D eigenvalue weighted by molar-refractivity contribution is -0.138. The summed E-state index contributed by atoms with van der Waals surface area (Å²) in [5.74, 6) is -1.74. The molecule has 1 unspecified atom stereocenters. The largest absolute Gasteiger partial charge is 0.493 e. The van der Waals surface area contributed by atoms with Crippen LogP contribution in [0.25, 0.3) is 0 Å². The van der Waals surface area contributed by atoms with Gasteiger partial charge in [-0.25, -0.2) is 0 Å². The van der Waals surface area contributed by atoms with Crippen molar-refractivity contribution in [3.63, 3.8) is 0 Å². The molecule has 0 N–H and O–H groups in total. The molecule has 4 aliphatic rings. The molecule has 2 fully saturated rings. The van der Waals surface area contributed by atoms with Gasteiger partial charge in [-0.2, -0.15) is 0 Å². The van der Waals surface area contributed by atoms with Crippen LogP contribution in [0.4, 0.5) is 0 Å². The third kappa shape index (κ3) is 1.27.